The van der Waals surface area contributed by atoms with Gasteiger partial charge in [0.2, 0.25) is 0 Å². The molecule has 0 aromatic heterocycles. The highest BCUT2D eigenvalue weighted by Gasteiger charge is 2.15. The second-order valence-corrected chi connectivity index (χ2v) is 5.37. The average molecular weight is 363 g/mol. The van der Waals surface area contributed by atoms with Crippen molar-refractivity contribution < 1.29 is 14.4 Å². The van der Waals surface area contributed by atoms with E-state index in [1.165, 1.54) is 3.93 Å². The Balaban J connectivity index is 1.85. The van der Waals surface area contributed by atoms with Crippen molar-refractivity contribution in [3.8, 4) is 0 Å². The fourth-order valence-electron chi connectivity index (χ4n) is 1.81. The molecule has 0 aliphatic rings. The van der Waals surface area contributed by atoms with Gasteiger partial charge in [-0.2, -0.15) is 5.48 Å². The predicted molar refractivity (Wildman–Crippen MR) is 87.4 cm³/mol. The Morgan fingerprint density at radius 3 is 2.55 bits per heavy atom. The number of anilines is 1. The molecule has 2 amide bonds. The van der Waals surface area contributed by atoms with Gasteiger partial charge in [-0.15, -0.1) is 0 Å². The Morgan fingerprint density at radius 1 is 1.14 bits per heavy atom. The molecule has 114 valence electrons. The number of hydrogen-bond donors (Lipinski definition) is 1. The topological polar surface area (TPSA) is 58.6 Å². The molecular weight excluding hydrogens is 348 g/mol. The molecule has 0 unspecified atom stereocenters. The van der Waals surface area contributed by atoms with E-state index in [9.17, 15) is 9.59 Å². The summed E-state index contributed by atoms with van der Waals surface area (Å²) in [5, 5.41) is 0. The summed E-state index contributed by atoms with van der Waals surface area (Å²) in [5.74, 6) is -0.537. The highest BCUT2D eigenvalue weighted by atomic mass is 79.9. The van der Waals surface area contributed by atoms with E-state index in [1.807, 2.05) is 55.5 Å². The van der Waals surface area contributed by atoms with Crippen molar-refractivity contribution in [2.75, 3.05) is 3.93 Å². The minimum Gasteiger partial charge on any atom is -0.339 e. The first-order valence-electron chi connectivity index (χ1n) is 6.62. The Morgan fingerprint density at radius 2 is 1.86 bits per heavy atom. The molecule has 0 saturated carbocycles. The summed E-state index contributed by atoms with van der Waals surface area (Å²) < 4.78 is 1.19. The first-order valence-corrected chi connectivity index (χ1v) is 7.33. The number of hydroxylamine groups is 1. The number of carbonyl (C=O) groups excluding carboxylic acids is 2. The molecule has 2 rings (SSSR count). The van der Waals surface area contributed by atoms with Crippen LogP contribution in [0.5, 0.6) is 0 Å². The number of amides is 2. The fraction of sp³-hybridized carbons (Fsp3) is 0.125. The molecule has 0 fully saturated rings. The molecule has 5 nitrogen and oxygen atoms in total. The summed E-state index contributed by atoms with van der Waals surface area (Å²) in [7, 11) is 0. The third kappa shape index (κ3) is 4.60. The number of carbonyl (C=O) groups is 2. The van der Waals surface area contributed by atoms with Crippen molar-refractivity contribution in [3.63, 3.8) is 0 Å². The SMILES string of the molecule is Cc1cccc(N(Br)C(=O)NOC(=O)Cc2ccccc2)c1. The number of urea groups is 1. The van der Waals surface area contributed by atoms with E-state index < -0.39 is 12.0 Å². The average Bonchev–Trinajstić information content (AvgIpc) is 2.53. The number of halogens is 1. The molecular formula is C16H15BrN2O3. The largest absolute Gasteiger partial charge is 0.365 e. The molecule has 1 N–H and O–H groups in total. The summed E-state index contributed by atoms with van der Waals surface area (Å²) in [6.07, 6.45) is 0.0911. The first-order chi connectivity index (χ1) is 10.6. The quantitative estimate of drug-likeness (QED) is 0.671. The Bertz CT molecular complexity index is 661. The molecule has 0 heterocycles. The van der Waals surface area contributed by atoms with Gasteiger partial charge in [-0.05, 0) is 30.2 Å². The Hall–Kier alpha value is -2.34. The zero-order valence-electron chi connectivity index (χ0n) is 12.0. The maximum Gasteiger partial charge on any atom is 0.365 e. The normalized spacial score (nSPS) is 9.91. The lowest BCUT2D eigenvalue weighted by Gasteiger charge is -2.15. The number of nitrogens with one attached hydrogen (secondary N) is 1. The molecule has 0 atom stereocenters. The monoisotopic (exact) mass is 362 g/mol. The van der Waals surface area contributed by atoms with Crippen molar-refractivity contribution in [2.45, 2.75) is 13.3 Å². The number of aryl methyl sites for hydroxylation is 1. The van der Waals surface area contributed by atoms with Crippen LogP contribution in [0.15, 0.2) is 54.6 Å². The van der Waals surface area contributed by atoms with Crippen LogP contribution in [-0.4, -0.2) is 12.0 Å². The molecule has 0 spiro atoms. The van der Waals surface area contributed by atoms with Gasteiger partial charge in [0.25, 0.3) is 0 Å². The van der Waals surface area contributed by atoms with E-state index in [-0.39, 0.29) is 6.42 Å². The van der Waals surface area contributed by atoms with Crippen LogP contribution in [0.4, 0.5) is 10.5 Å². The van der Waals surface area contributed by atoms with E-state index in [1.54, 1.807) is 6.07 Å². The summed E-state index contributed by atoms with van der Waals surface area (Å²) >= 11 is 3.13. The molecule has 6 heteroatoms. The summed E-state index contributed by atoms with van der Waals surface area (Å²) in [6, 6.07) is 15.9. The van der Waals surface area contributed by atoms with Crippen LogP contribution >= 0.6 is 16.1 Å². The Kier molecular flexibility index (Phi) is 5.55. The van der Waals surface area contributed by atoms with Gasteiger partial charge < -0.3 is 4.84 Å². The standard InChI is InChI=1S/C16H15BrN2O3/c1-12-6-5-9-14(10-12)19(17)16(21)18-22-15(20)11-13-7-3-2-4-8-13/h2-10H,11H2,1H3,(H,18,21). The maximum absolute atomic E-state index is 11.9. The van der Waals surface area contributed by atoms with Crippen LogP contribution in [0, 0.1) is 6.92 Å². The van der Waals surface area contributed by atoms with Crippen molar-refractivity contribution in [1.82, 2.24) is 5.48 Å². The van der Waals surface area contributed by atoms with Crippen LogP contribution in [-0.2, 0) is 16.1 Å². The van der Waals surface area contributed by atoms with E-state index in [2.05, 4.69) is 21.6 Å². The smallest absolute Gasteiger partial charge is 0.339 e. The molecule has 0 saturated heterocycles. The minimum absolute atomic E-state index is 0.0911. The van der Waals surface area contributed by atoms with E-state index >= 15 is 0 Å². The molecule has 22 heavy (non-hydrogen) atoms. The number of hydrogen-bond acceptors (Lipinski definition) is 3. The van der Waals surface area contributed by atoms with Gasteiger partial charge >= 0.3 is 12.0 Å². The third-order valence-electron chi connectivity index (χ3n) is 2.85. The van der Waals surface area contributed by atoms with Crippen molar-refractivity contribution in [3.05, 3.63) is 65.7 Å². The summed E-state index contributed by atoms with van der Waals surface area (Å²) in [5.41, 5.74) is 4.57. The van der Waals surface area contributed by atoms with Crippen molar-refractivity contribution in [2.24, 2.45) is 0 Å². The van der Waals surface area contributed by atoms with Gasteiger partial charge in [0.05, 0.1) is 28.3 Å². The van der Waals surface area contributed by atoms with Crippen LogP contribution < -0.4 is 9.41 Å². The first kappa shape index (κ1) is 16.0. The molecule has 0 bridgehead atoms. The summed E-state index contributed by atoms with van der Waals surface area (Å²) in [4.78, 5) is 28.3. The second kappa shape index (κ2) is 7.61. The Labute approximate surface area is 137 Å². The number of rotatable bonds is 3. The minimum atomic E-state index is -0.591. The van der Waals surface area contributed by atoms with Crippen LogP contribution in [0.3, 0.4) is 0 Å². The van der Waals surface area contributed by atoms with E-state index in [0.717, 1.165) is 11.1 Å². The number of benzene rings is 2. The number of nitrogens with zero attached hydrogens (tertiary/aromatic N) is 1. The van der Waals surface area contributed by atoms with Gasteiger partial charge in [-0.25, -0.2) is 13.5 Å². The van der Waals surface area contributed by atoms with Crippen LogP contribution in [0.25, 0.3) is 0 Å². The third-order valence-corrected chi connectivity index (χ3v) is 3.58. The van der Waals surface area contributed by atoms with Gasteiger partial charge in [-0.1, -0.05) is 42.5 Å². The maximum atomic E-state index is 11.9. The van der Waals surface area contributed by atoms with E-state index in [4.69, 9.17) is 4.84 Å². The molecule has 2 aromatic carbocycles. The second-order valence-electron chi connectivity index (χ2n) is 4.66. The van der Waals surface area contributed by atoms with Crippen LogP contribution in [0.1, 0.15) is 11.1 Å². The lowest BCUT2D eigenvalue weighted by atomic mass is 10.2. The summed E-state index contributed by atoms with van der Waals surface area (Å²) in [6.45, 7) is 1.92. The molecule has 0 aliphatic carbocycles. The van der Waals surface area contributed by atoms with Gasteiger partial charge in [0.15, 0.2) is 0 Å². The van der Waals surface area contributed by atoms with Gasteiger partial charge in [-0.3, -0.25) is 0 Å². The molecule has 0 radical (unpaired) electrons. The molecule has 2 aromatic rings. The lowest BCUT2D eigenvalue weighted by Crippen LogP contribution is -2.35. The van der Waals surface area contributed by atoms with Crippen molar-refractivity contribution >= 4 is 33.8 Å². The van der Waals surface area contributed by atoms with E-state index in [0.29, 0.717) is 5.69 Å². The highest BCUT2D eigenvalue weighted by molar-refractivity contribution is 9.10. The van der Waals surface area contributed by atoms with Gasteiger partial charge in [0, 0.05) is 0 Å². The van der Waals surface area contributed by atoms with Gasteiger partial charge in [0.1, 0.15) is 0 Å². The zero-order chi connectivity index (χ0) is 15.9. The highest BCUT2D eigenvalue weighted by Crippen LogP contribution is 2.19. The molecule has 0 aliphatic heterocycles. The van der Waals surface area contributed by atoms with Crippen molar-refractivity contribution in [1.29, 1.82) is 0 Å². The van der Waals surface area contributed by atoms with Crippen LogP contribution in [0.2, 0.25) is 0 Å². The lowest BCUT2D eigenvalue weighted by molar-refractivity contribution is -0.147. The predicted octanol–water partition coefficient (Wildman–Crippen LogP) is 3.52. The fourth-order valence-corrected chi connectivity index (χ4v) is 2.10. The zero-order valence-corrected chi connectivity index (χ0v) is 13.5.